The molecule has 0 atom stereocenters. The van der Waals surface area contributed by atoms with Crippen LogP contribution in [0.3, 0.4) is 0 Å². The smallest absolute Gasteiger partial charge is 0.298 e. The number of nitrogens with zero attached hydrogens (tertiary/aromatic N) is 10. The third-order valence-corrected chi connectivity index (χ3v) is 18.5. The van der Waals surface area contributed by atoms with E-state index in [0.717, 1.165) is 62.5 Å². The summed E-state index contributed by atoms with van der Waals surface area (Å²) in [5.74, 6) is 5.09. The summed E-state index contributed by atoms with van der Waals surface area (Å²) < 4.78 is 44.3. The molecule has 10 N–H and O–H groups in total. The van der Waals surface area contributed by atoms with Crippen molar-refractivity contribution in [3.63, 3.8) is 0 Å². The number of carbonyl (C=O) groups is 6. The Labute approximate surface area is 595 Å². The van der Waals surface area contributed by atoms with Crippen LogP contribution in [0.15, 0.2) is 142 Å². The van der Waals surface area contributed by atoms with Gasteiger partial charge in [-0.2, -0.15) is 30.4 Å². The number of oxime groups is 2. The maximum absolute atomic E-state index is 12.6. The summed E-state index contributed by atoms with van der Waals surface area (Å²) in [5.41, 5.74) is 14.9. The number of hydrogen-bond acceptors (Lipinski definition) is 26. The van der Waals surface area contributed by atoms with Gasteiger partial charge < -0.3 is 59.3 Å². The fourth-order valence-corrected chi connectivity index (χ4v) is 11.6. The number of aromatic amines is 4. The quantitative estimate of drug-likeness (QED) is 0.0130. The molecule has 10 heterocycles. The lowest BCUT2D eigenvalue weighted by molar-refractivity contribution is -0.121. The molecule has 4 aliphatic rings. The van der Waals surface area contributed by atoms with Crippen molar-refractivity contribution in [3.8, 4) is 80.2 Å². The van der Waals surface area contributed by atoms with E-state index in [1.807, 2.05) is 79.7 Å². The van der Waals surface area contributed by atoms with Crippen molar-refractivity contribution in [2.75, 3.05) is 0 Å². The molecule has 0 amide bonds. The standard InChI is InChI=1S/2C18H18N4O3.2C14H16O4.2C4H6N4O/c2*1-3-18(4-2)8-14(23)13-7-11(5-6-15(13)24-18)17-21-16(22-25-17)12-9-19-20-10-12;2*1-3-14(4-2)8-12(16)11-7-10(17-9-15)5-6-13(11)18-14;2*5-4(8-9)3-1-6-7-2-3/h2*5-7,9-10H,3-4,8H2,1-2H3,(H,19,20);2*5-7,9H,3-4,8H2,1-2H3;2*1-2,9H,(H2,5,8)(H,6,7). The van der Waals surface area contributed by atoms with Crippen molar-refractivity contribution in [2.45, 2.75) is 155 Å². The average molecular weight is 1430 g/mol. The second kappa shape index (κ2) is 34.1. The summed E-state index contributed by atoms with van der Waals surface area (Å²) in [6.45, 7) is 17.0. The minimum Gasteiger partial charge on any atom is -0.486 e. The predicted octanol–water partition coefficient (Wildman–Crippen LogP) is 11.8. The number of fused-ring (bicyclic) bond motifs is 4. The minimum absolute atomic E-state index is 0.0382. The zero-order valence-electron chi connectivity index (χ0n) is 58.4. The molecule has 0 saturated heterocycles. The molecule has 6 aromatic heterocycles. The Morgan fingerprint density at radius 1 is 0.442 bits per heavy atom. The van der Waals surface area contributed by atoms with Crippen molar-refractivity contribution in [1.82, 2.24) is 61.1 Å². The molecule has 0 radical (unpaired) electrons. The van der Waals surface area contributed by atoms with E-state index < -0.39 is 22.4 Å². The minimum atomic E-state index is -0.398. The average Bonchev–Trinajstić information content (AvgIpc) is 1.36. The van der Waals surface area contributed by atoms with Crippen LogP contribution in [0.25, 0.3) is 45.7 Å². The molecule has 32 heteroatoms. The fourth-order valence-electron chi connectivity index (χ4n) is 11.6. The molecule has 104 heavy (non-hydrogen) atoms. The van der Waals surface area contributed by atoms with Gasteiger partial charge in [0.25, 0.3) is 24.7 Å². The Morgan fingerprint density at radius 2 is 0.740 bits per heavy atom. The van der Waals surface area contributed by atoms with Crippen LogP contribution < -0.4 is 39.9 Å². The first-order valence-corrected chi connectivity index (χ1v) is 33.5. The number of benzene rings is 4. The molecule has 0 unspecified atom stereocenters. The summed E-state index contributed by atoms with van der Waals surface area (Å²) in [4.78, 5) is 78.9. The van der Waals surface area contributed by atoms with Gasteiger partial charge in [-0.3, -0.25) is 49.2 Å². The number of H-pyrrole nitrogens is 4. The second-order valence-corrected chi connectivity index (χ2v) is 24.3. The summed E-state index contributed by atoms with van der Waals surface area (Å²) in [5, 5.41) is 55.1. The molecular formula is C72H80N16O16. The summed E-state index contributed by atoms with van der Waals surface area (Å²) in [7, 11) is 0. The predicted molar refractivity (Wildman–Crippen MR) is 375 cm³/mol. The SMILES string of the molecule is CCC1(CC)CC(=O)c2cc(-c3nc(-c4cn[nH]c4)no3)ccc2O1.CCC1(CC)CC(=O)c2cc(-c3nc(-c4cn[nH]c4)no3)ccc2O1.CCC1(CC)CC(=O)c2cc(OC=O)ccc2O1.CCC1(CC)CC(=O)c2cc(OC=O)ccc2O1.NC(=NO)c1cn[nH]c1.NC(=NO)c1cn[nH]c1. The maximum atomic E-state index is 12.6. The second-order valence-electron chi connectivity index (χ2n) is 24.3. The van der Waals surface area contributed by atoms with E-state index >= 15 is 0 Å². The van der Waals surface area contributed by atoms with E-state index in [-0.39, 0.29) is 34.8 Å². The number of Topliss-reactive ketones (excluding diaryl/α,β-unsaturated/α-hetero) is 4. The van der Waals surface area contributed by atoms with E-state index in [1.165, 1.54) is 24.8 Å². The van der Waals surface area contributed by atoms with Gasteiger partial charge in [0, 0.05) is 35.9 Å². The lowest BCUT2D eigenvalue weighted by Gasteiger charge is -2.36. The van der Waals surface area contributed by atoms with Crippen molar-refractivity contribution in [3.05, 3.63) is 156 Å². The van der Waals surface area contributed by atoms with Crippen LogP contribution in [0.4, 0.5) is 0 Å². The third kappa shape index (κ3) is 17.6. The molecule has 0 aliphatic carbocycles. The highest BCUT2D eigenvalue weighted by Gasteiger charge is 2.42. The van der Waals surface area contributed by atoms with Gasteiger partial charge in [0.1, 0.15) is 56.9 Å². The van der Waals surface area contributed by atoms with E-state index in [9.17, 15) is 28.8 Å². The van der Waals surface area contributed by atoms with Gasteiger partial charge in [0.05, 0.1) is 95.0 Å². The Morgan fingerprint density at radius 3 is 1.01 bits per heavy atom. The first-order chi connectivity index (χ1) is 50.2. The van der Waals surface area contributed by atoms with Gasteiger partial charge >= 0.3 is 0 Å². The van der Waals surface area contributed by atoms with Gasteiger partial charge in [-0.05, 0) is 124 Å². The molecule has 14 rings (SSSR count). The van der Waals surface area contributed by atoms with Gasteiger partial charge in [-0.1, -0.05) is 76.0 Å². The topological polar surface area (TPSA) is 468 Å². The zero-order chi connectivity index (χ0) is 74.6. The highest BCUT2D eigenvalue weighted by atomic mass is 16.5. The van der Waals surface area contributed by atoms with Crippen molar-refractivity contribution < 1.29 is 76.6 Å². The lowest BCUT2D eigenvalue weighted by Crippen LogP contribution is -2.40. The molecule has 4 aliphatic heterocycles. The van der Waals surface area contributed by atoms with Crippen molar-refractivity contribution in [2.24, 2.45) is 21.8 Å². The Kier molecular flexibility index (Phi) is 24.8. The van der Waals surface area contributed by atoms with Gasteiger partial charge in [-0.25, -0.2) is 0 Å². The highest BCUT2D eigenvalue weighted by Crippen LogP contribution is 2.43. The monoisotopic (exact) mass is 1420 g/mol. The van der Waals surface area contributed by atoms with Crippen molar-refractivity contribution in [1.29, 1.82) is 0 Å². The van der Waals surface area contributed by atoms with Crippen LogP contribution in [-0.4, -0.2) is 142 Å². The number of amidine groups is 2. The molecule has 10 aromatic rings. The van der Waals surface area contributed by atoms with Gasteiger partial charge in [0.2, 0.25) is 11.6 Å². The summed E-state index contributed by atoms with van der Waals surface area (Å²) in [6, 6.07) is 20.6. The molecule has 0 spiro atoms. The molecular weight excluding hydrogens is 1340 g/mol. The zero-order valence-corrected chi connectivity index (χ0v) is 58.4. The summed E-state index contributed by atoms with van der Waals surface area (Å²) >= 11 is 0. The Bertz CT molecular complexity index is 4320. The molecule has 0 bridgehead atoms. The number of aromatic nitrogens is 12. The van der Waals surface area contributed by atoms with Gasteiger partial charge in [-0.15, -0.1) is 0 Å². The Balaban J connectivity index is 0.000000150. The van der Waals surface area contributed by atoms with Crippen LogP contribution in [-0.2, 0) is 9.59 Å². The van der Waals surface area contributed by atoms with Crippen LogP contribution in [0.1, 0.15) is 185 Å². The number of ketones is 4. The third-order valence-electron chi connectivity index (χ3n) is 18.5. The number of ether oxygens (including phenoxy) is 6. The molecule has 544 valence electrons. The molecule has 4 aromatic carbocycles. The number of rotatable bonds is 18. The largest absolute Gasteiger partial charge is 0.486 e. The number of nitrogens with two attached hydrogens (primary N) is 2. The van der Waals surface area contributed by atoms with Crippen LogP contribution in [0.2, 0.25) is 0 Å². The lowest BCUT2D eigenvalue weighted by atomic mass is 9.85. The first-order valence-electron chi connectivity index (χ1n) is 33.5. The number of nitrogens with one attached hydrogen (secondary N) is 4. The first kappa shape index (κ1) is 75.6. The number of carbonyl (C=O) groups excluding carboxylic acids is 6. The number of hydrogen-bond donors (Lipinski definition) is 8. The van der Waals surface area contributed by atoms with E-state index in [2.05, 4.69) is 71.4 Å². The van der Waals surface area contributed by atoms with Crippen LogP contribution in [0.5, 0.6) is 34.5 Å². The maximum Gasteiger partial charge on any atom is 0.298 e. The normalized spacial score (nSPS) is 15.3. The molecule has 32 nitrogen and oxygen atoms in total. The van der Waals surface area contributed by atoms with E-state index in [1.54, 1.807) is 73.3 Å². The van der Waals surface area contributed by atoms with Crippen LogP contribution in [0, 0.1) is 0 Å². The molecule has 0 saturated carbocycles. The highest BCUT2D eigenvalue weighted by molar-refractivity contribution is 6.03. The molecule has 0 fully saturated rings. The van der Waals surface area contributed by atoms with Crippen LogP contribution >= 0.6 is 0 Å². The fraction of sp³-hybridized carbons (Fsp3) is 0.333. The summed E-state index contributed by atoms with van der Waals surface area (Å²) in [6.07, 6.45) is 20.5. The Hall–Kier alpha value is -12.6. The van der Waals surface area contributed by atoms with Gasteiger partial charge in [0.15, 0.2) is 34.8 Å². The van der Waals surface area contributed by atoms with E-state index in [4.69, 9.17) is 59.3 Å². The van der Waals surface area contributed by atoms with E-state index in [0.29, 0.717) is 141 Å². The van der Waals surface area contributed by atoms with Crippen molar-refractivity contribution >= 4 is 47.7 Å².